The Hall–Kier alpha value is -1.36. The van der Waals surface area contributed by atoms with Gasteiger partial charge in [0.05, 0.1) is 0 Å². The van der Waals surface area contributed by atoms with E-state index < -0.39 is 11.9 Å². The molecular formula is C8H12O5. The van der Waals surface area contributed by atoms with E-state index in [1.54, 1.807) is 0 Å². The third-order valence-electron chi connectivity index (χ3n) is 1.44. The number of hydrogen-bond donors (Lipinski definition) is 2. The number of unbranched alkanes of at least 4 members (excludes halogenated alkanes) is 1. The van der Waals surface area contributed by atoms with E-state index in [9.17, 15) is 9.59 Å². The van der Waals surface area contributed by atoms with Crippen LogP contribution in [-0.4, -0.2) is 22.3 Å². The van der Waals surface area contributed by atoms with Gasteiger partial charge in [0, 0.05) is 11.6 Å². The zero-order valence-electron chi connectivity index (χ0n) is 7.32. The van der Waals surface area contributed by atoms with Crippen molar-refractivity contribution in [2.24, 2.45) is 0 Å². The average Bonchev–Trinajstić information content (AvgIpc) is 2.10. The van der Waals surface area contributed by atoms with Crippen LogP contribution in [0.15, 0.2) is 11.6 Å². The fourth-order valence-electron chi connectivity index (χ4n) is 0.808. The molecule has 13 heavy (non-hydrogen) atoms. The lowest BCUT2D eigenvalue weighted by atomic mass is 10.1. The van der Waals surface area contributed by atoms with Gasteiger partial charge in [0.2, 0.25) is 0 Å². The molecule has 0 heterocycles. The van der Waals surface area contributed by atoms with Crippen molar-refractivity contribution in [1.82, 2.24) is 0 Å². The van der Waals surface area contributed by atoms with Gasteiger partial charge >= 0.3 is 11.9 Å². The van der Waals surface area contributed by atoms with E-state index in [0.29, 0.717) is 12.8 Å². The van der Waals surface area contributed by atoms with Crippen molar-refractivity contribution in [3.05, 3.63) is 11.6 Å². The van der Waals surface area contributed by atoms with Crippen LogP contribution in [0.3, 0.4) is 0 Å². The van der Waals surface area contributed by atoms with Crippen LogP contribution < -0.4 is 0 Å². The molecule has 0 aromatic heterocycles. The maximum Gasteiger partial charge on any atom is 0.369 e. The third-order valence-corrected chi connectivity index (χ3v) is 1.44. The van der Waals surface area contributed by atoms with Crippen LogP contribution in [0.2, 0.25) is 0 Å². The van der Waals surface area contributed by atoms with Gasteiger partial charge in [-0.1, -0.05) is 13.3 Å². The highest BCUT2D eigenvalue weighted by Gasteiger charge is 2.11. The predicted octanol–water partition coefficient (Wildman–Crippen LogP) is 1.20. The molecular weight excluding hydrogens is 176 g/mol. The lowest BCUT2D eigenvalue weighted by molar-refractivity contribution is -0.229. The van der Waals surface area contributed by atoms with Crippen LogP contribution in [0, 0.1) is 0 Å². The van der Waals surface area contributed by atoms with Gasteiger partial charge in [-0.15, -0.1) is 0 Å². The Kier molecular flexibility index (Phi) is 5.54. The molecule has 0 aliphatic heterocycles. The van der Waals surface area contributed by atoms with Gasteiger partial charge in [-0.25, -0.2) is 9.59 Å². The molecule has 0 bridgehead atoms. The van der Waals surface area contributed by atoms with Gasteiger partial charge in [-0.3, -0.25) is 4.89 Å². The zero-order valence-corrected chi connectivity index (χ0v) is 7.32. The van der Waals surface area contributed by atoms with Crippen molar-refractivity contribution in [3.63, 3.8) is 0 Å². The number of carboxylic acid groups (broad SMARTS) is 1. The number of aliphatic carboxylic acids is 1. The van der Waals surface area contributed by atoms with Crippen molar-refractivity contribution < 1.29 is 24.8 Å². The van der Waals surface area contributed by atoms with Crippen LogP contribution in [-0.2, 0) is 14.5 Å². The molecule has 0 amide bonds. The highest BCUT2D eigenvalue weighted by atomic mass is 17.1. The molecule has 0 aliphatic rings. The Balaban J connectivity index is 4.36. The fraction of sp³-hybridized carbons (Fsp3) is 0.500. The van der Waals surface area contributed by atoms with Crippen molar-refractivity contribution in [2.45, 2.75) is 26.2 Å². The Morgan fingerprint density at radius 3 is 2.46 bits per heavy atom. The first-order valence-electron chi connectivity index (χ1n) is 3.91. The Morgan fingerprint density at radius 2 is 2.08 bits per heavy atom. The fourth-order valence-corrected chi connectivity index (χ4v) is 0.808. The summed E-state index contributed by atoms with van der Waals surface area (Å²) in [7, 11) is 0. The molecule has 0 fully saturated rings. The summed E-state index contributed by atoms with van der Waals surface area (Å²) >= 11 is 0. The van der Waals surface area contributed by atoms with E-state index in [-0.39, 0.29) is 5.57 Å². The minimum absolute atomic E-state index is 0.0307. The van der Waals surface area contributed by atoms with E-state index in [1.807, 2.05) is 6.92 Å². The Bertz CT molecular complexity index is 219. The maximum absolute atomic E-state index is 10.7. The Morgan fingerprint density at radius 1 is 1.46 bits per heavy atom. The maximum atomic E-state index is 10.7. The molecule has 5 heteroatoms. The number of carbonyl (C=O) groups is 2. The lowest BCUT2D eigenvalue weighted by Crippen LogP contribution is -2.07. The summed E-state index contributed by atoms with van der Waals surface area (Å²) in [6.07, 6.45) is 2.54. The number of hydrogen-bond acceptors (Lipinski definition) is 4. The molecule has 0 rings (SSSR count). The molecule has 0 aromatic carbocycles. The second-order valence-corrected chi connectivity index (χ2v) is 2.49. The summed E-state index contributed by atoms with van der Waals surface area (Å²) in [5, 5.41) is 16.4. The van der Waals surface area contributed by atoms with Crippen LogP contribution in [0.25, 0.3) is 0 Å². The van der Waals surface area contributed by atoms with Crippen LogP contribution in [0.1, 0.15) is 26.2 Å². The highest BCUT2D eigenvalue weighted by Crippen LogP contribution is 2.08. The van der Waals surface area contributed by atoms with E-state index >= 15 is 0 Å². The van der Waals surface area contributed by atoms with Crippen LogP contribution >= 0.6 is 0 Å². The second kappa shape index (κ2) is 6.19. The molecule has 0 spiro atoms. The predicted molar refractivity (Wildman–Crippen MR) is 44.0 cm³/mol. The average molecular weight is 188 g/mol. The number of rotatable bonds is 5. The van der Waals surface area contributed by atoms with Crippen LogP contribution in [0.5, 0.6) is 0 Å². The molecule has 0 atom stereocenters. The zero-order chi connectivity index (χ0) is 10.3. The number of carbonyl (C=O) groups excluding carboxylic acids is 1. The summed E-state index contributed by atoms with van der Waals surface area (Å²) in [6.45, 7) is 1.91. The SMILES string of the molecule is CCCCC(=CC(=O)O)C(=O)OO. The van der Waals surface area contributed by atoms with Gasteiger partial charge in [0.1, 0.15) is 0 Å². The standard InChI is InChI=1S/C8H12O5/c1-2-3-4-6(5-7(9)10)8(11)13-12/h5,12H,2-4H2,1H3,(H,9,10). The molecule has 74 valence electrons. The largest absolute Gasteiger partial charge is 0.478 e. The molecule has 0 saturated heterocycles. The van der Waals surface area contributed by atoms with E-state index in [0.717, 1.165) is 12.5 Å². The monoisotopic (exact) mass is 188 g/mol. The normalized spacial score (nSPS) is 11.1. The summed E-state index contributed by atoms with van der Waals surface area (Å²) in [4.78, 5) is 24.4. The van der Waals surface area contributed by atoms with Crippen molar-refractivity contribution in [2.75, 3.05) is 0 Å². The number of carboxylic acids is 1. The second-order valence-electron chi connectivity index (χ2n) is 2.49. The molecule has 0 radical (unpaired) electrons. The Labute approximate surface area is 75.6 Å². The summed E-state index contributed by atoms with van der Waals surface area (Å²) in [5.74, 6) is -2.23. The first kappa shape index (κ1) is 11.6. The van der Waals surface area contributed by atoms with E-state index in [2.05, 4.69) is 4.89 Å². The topological polar surface area (TPSA) is 83.8 Å². The van der Waals surface area contributed by atoms with Gasteiger partial charge < -0.3 is 5.11 Å². The molecule has 2 N–H and O–H groups in total. The molecule has 0 aliphatic carbocycles. The first-order valence-corrected chi connectivity index (χ1v) is 3.91. The van der Waals surface area contributed by atoms with Gasteiger partial charge in [0.25, 0.3) is 0 Å². The quantitative estimate of drug-likeness (QED) is 0.384. The van der Waals surface area contributed by atoms with Gasteiger partial charge in [-0.2, -0.15) is 5.26 Å². The van der Waals surface area contributed by atoms with E-state index in [4.69, 9.17) is 10.4 Å². The first-order chi connectivity index (χ1) is 6.11. The summed E-state index contributed by atoms with van der Waals surface area (Å²) < 4.78 is 0. The summed E-state index contributed by atoms with van der Waals surface area (Å²) in [5.41, 5.74) is -0.0307. The smallest absolute Gasteiger partial charge is 0.369 e. The summed E-state index contributed by atoms with van der Waals surface area (Å²) in [6, 6.07) is 0. The molecule has 0 saturated carbocycles. The highest BCUT2D eigenvalue weighted by molar-refractivity contribution is 5.95. The van der Waals surface area contributed by atoms with E-state index in [1.165, 1.54) is 0 Å². The third kappa shape index (κ3) is 4.97. The van der Waals surface area contributed by atoms with Gasteiger partial charge in [-0.05, 0) is 12.8 Å². The molecule has 0 aromatic rings. The lowest BCUT2D eigenvalue weighted by Gasteiger charge is -2.00. The van der Waals surface area contributed by atoms with Crippen molar-refractivity contribution in [1.29, 1.82) is 0 Å². The van der Waals surface area contributed by atoms with Gasteiger partial charge in [0.15, 0.2) is 0 Å². The minimum Gasteiger partial charge on any atom is -0.478 e. The van der Waals surface area contributed by atoms with Crippen LogP contribution in [0.4, 0.5) is 0 Å². The molecule has 5 nitrogen and oxygen atoms in total. The van der Waals surface area contributed by atoms with Crippen molar-refractivity contribution in [3.8, 4) is 0 Å². The van der Waals surface area contributed by atoms with Crippen molar-refractivity contribution >= 4 is 11.9 Å². The minimum atomic E-state index is -1.23. The molecule has 0 unspecified atom stereocenters.